The third kappa shape index (κ3) is 10.7. The van der Waals surface area contributed by atoms with Gasteiger partial charge in [-0.1, -0.05) is 0 Å². The Morgan fingerprint density at radius 3 is 2.04 bits per heavy atom. The van der Waals surface area contributed by atoms with Gasteiger partial charge in [-0.3, -0.25) is 4.68 Å². The van der Waals surface area contributed by atoms with Gasteiger partial charge in [0.15, 0.2) is 0 Å². The summed E-state index contributed by atoms with van der Waals surface area (Å²) in [4.78, 5) is 0. The van der Waals surface area contributed by atoms with E-state index in [1.54, 1.807) is 44.2 Å². The number of rotatable bonds is 5. The number of aromatic nitrogens is 3. The molecule has 8 heteroatoms. The molecule has 0 aliphatic rings. The molecule has 2 heterocycles. The SMILES string of the molecule is COc1cc(C)n(C)n1.COc1cc(C)on1.[CH-]=C(C)C=C[C](=[V])OC. The van der Waals surface area contributed by atoms with Gasteiger partial charge in [-0.25, -0.2) is 0 Å². The van der Waals surface area contributed by atoms with Crippen molar-refractivity contribution in [2.24, 2.45) is 7.05 Å². The number of ether oxygens (including phenoxy) is 3. The maximum absolute atomic E-state index is 5.35. The molecule has 7 nitrogen and oxygen atoms in total. The van der Waals surface area contributed by atoms with Crippen molar-refractivity contribution in [1.29, 1.82) is 0 Å². The van der Waals surface area contributed by atoms with Gasteiger partial charge in [-0.2, -0.15) is 0 Å². The minimum atomic E-state index is 0.530. The summed E-state index contributed by atoms with van der Waals surface area (Å²) in [6.45, 7) is 11.0. The van der Waals surface area contributed by atoms with E-state index in [2.05, 4.69) is 31.8 Å². The van der Waals surface area contributed by atoms with Crippen LogP contribution in [-0.4, -0.2) is 40.7 Å². The van der Waals surface area contributed by atoms with Gasteiger partial charge in [0.05, 0.1) is 14.2 Å². The van der Waals surface area contributed by atoms with Gasteiger partial charge in [0.2, 0.25) is 5.88 Å². The van der Waals surface area contributed by atoms with Crippen molar-refractivity contribution in [2.45, 2.75) is 20.8 Å². The summed E-state index contributed by atoms with van der Waals surface area (Å²) in [7, 11) is 6.67. The van der Waals surface area contributed by atoms with Crippen molar-refractivity contribution in [3.8, 4) is 11.8 Å². The van der Waals surface area contributed by atoms with Gasteiger partial charge < -0.3 is 14.0 Å². The standard InChI is InChI=1S/C7H9O.C6H10N2O.C5H7NO2.V/c1-7(2)5-4-6-8-3;1-5-4-6(9-3)7-8(5)2;1-4-3-5(7-2)6-8-4;/h1,4-5H,2-3H3;4H,1-3H3;3H,1-2H3;/q-1;;;. The summed E-state index contributed by atoms with van der Waals surface area (Å²) in [6, 6.07) is 3.61. The second-order valence-corrected chi connectivity index (χ2v) is 5.74. The van der Waals surface area contributed by atoms with Crippen LogP contribution in [0.1, 0.15) is 18.4 Å². The Balaban J connectivity index is 0.000000361. The summed E-state index contributed by atoms with van der Waals surface area (Å²) in [5, 5.41) is 7.56. The molecule has 0 fully saturated rings. The zero-order chi connectivity index (χ0) is 20.1. The third-order valence-corrected chi connectivity index (χ3v) is 3.33. The van der Waals surface area contributed by atoms with E-state index in [1.807, 2.05) is 33.9 Å². The monoisotopic (exact) mass is 399 g/mol. The van der Waals surface area contributed by atoms with E-state index >= 15 is 0 Å². The molecule has 0 saturated carbocycles. The molecule has 0 aliphatic heterocycles. The normalized spacial score (nSPS) is 9.62. The van der Waals surface area contributed by atoms with Gasteiger partial charge in [-0.05, 0) is 19.0 Å². The van der Waals surface area contributed by atoms with Crippen LogP contribution in [0.4, 0.5) is 0 Å². The van der Waals surface area contributed by atoms with Crippen molar-refractivity contribution in [1.82, 2.24) is 14.9 Å². The van der Waals surface area contributed by atoms with E-state index in [1.165, 1.54) is 0 Å². The summed E-state index contributed by atoms with van der Waals surface area (Å²) in [5.74, 6) is 1.97. The van der Waals surface area contributed by atoms with Crippen molar-refractivity contribution < 1.29 is 35.7 Å². The third-order valence-electron chi connectivity index (χ3n) is 2.81. The van der Waals surface area contributed by atoms with E-state index in [4.69, 9.17) is 20.8 Å². The predicted molar refractivity (Wildman–Crippen MR) is 96.9 cm³/mol. The van der Waals surface area contributed by atoms with Gasteiger partial charge in [0.25, 0.3) is 5.88 Å². The molecule has 0 atom stereocenters. The number of aryl methyl sites for hydroxylation is 3. The number of hydrogen-bond donors (Lipinski definition) is 0. The van der Waals surface area contributed by atoms with Crippen LogP contribution in [0.2, 0.25) is 0 Å². The Hall–Kier alpha value is -2.09. The Morgan fingerprint density at radius 2 is 1.77 bits per heavy atom. The number of methoxy groups -OCH3 is 3. The average Bonchev–Trinajstić information content (AvgIpc) is 3.19. The van der Waals surface area contributed by atoms with Crippen LogP contribution in [0.5, 0.6) is 11.8 Å². The molecule has 0 unspecified atom stereocenters. The molecule has 0 radical (unpaired) electrons. The van der Waals surface area contributed by atoms with Gasteiger partial charge in [0.1, 0.15) is 5.76 Å². The molecule has 0 saturated heterocycles. The molecule has 26 heavy (non-hydrogen) atoms. The van der Waals surface area contributed by atoms with E-state index in [9.17, 15) is 0 Å². The Morgan fingerprint density at radius 1 is 1.15 bits per heavy atom. The molecule has 0 amide bonds. The van der Waals surface area contributed by atoms with Crippen LogP contribution in [0.3, 0.4) is 0 Å². The molecule has 0 N–H and O–H groups in total. The number of hydrogen-bond acceptors (Lipinski definition) is 6. The molecular weight excluding hydrogens is 373 g/mol. The maximum atomic E-state index is 5.35. The van der Waals surface area contributed by atoms with Crippen molar-refractivity contribution in [2.75, 3.05) is 21.3 Å². The van der Waals surface area contributed by atoms with E-state index in [0.29, 0.717) is 11.8 Å². The van der Waals surface area contributed by atoms with Gasteiger partial charge in [-0.15, -0.1) is 5.10 Å². The number of nitrogens with zero attached hydrogens (tertiary/aromatic N) is 3. The molecule has 0 aliphatic carbocycles. The van der Waals surface area contributed by atoms with Crippen molar-refractivity contribution >= 4 is 4.41 Å². The van der Waals surface area contributed by atoms with Crippen LogP contribution in [0, 0.1) is 20.4 Å². The summed E-state index contributed by atoms with van der Waals surface area (Å²) in [5.41, 5.74) is 1.88. The second kappa shape index (κ2) is 13.2. The Bertz CT molecular complexity index is 700. The first-order valence-corrected chi connectivity index (χ1v) is 8.32. The fourth-order valence-corrected chi connectivity index (χ4v) is 1.45. The minimum absolute atomic E-state index is 0.530. The van der Waals surface area contributed by atoms with Crippen LogP contribution in [0.25, 0.3) is 0 Å². The van der Waals surface area contributed by atoms with Gasteiger partial charge in [0, 0.05) is 24.9 Å². The predicted octanol–water partition coefficient (Wildman–Crippen LogP) is 2.97. The first-order chi connectivity index (χ1) is 12.2. The molecule has 2 rings (SSSR count). The van der Waals surface area contributed by atoms with E-state index in [-0.39, 0.29) is 0 Å². The van der Waals surface area contributed by atoms with Crippen molar-refractivity contribution in [3.05, 3.63) is 47.9 Å². The Labute approximate surface area is 164 Å². The number of allylic oxidation sites excluding steroid dienone is 2. The van der Waals surface area contributed by atoms with E-state index < -0.39 is 0 Å². The second-order valence-electron chi connectivity index (χ2n) is 5.05. The molecule has 2 aromatic rings. The average molecular weight is 399 g/mol. The first kappa shape index (κ1) is 23.9. The van der Waals surface area contributed by atoms with Crippen LogP contribution in [-0.2, 0) is 28.8 Å². The molecule has 0 spiro atoms. The molecule has 2 aromatic heterocycles. The molecular formula is C18H26N3O4V-. The van der Waals surface area contributed by atoms with Gasteiger partial charge >= 0.3 is 64.5 Å². The fourth-order valence-electron chi connectivity index (χ4n) is 1.34. The zero-order valence-electron chi connectivity index (χ0n) is 16.3. The molecule has 0 bridgehead atoms. The van der Waals surface area contributed by atoms with Crippen LogP contribution in [0.15, 0.2) is 34.4 Å². The van der Waals surface area contributed by atoms with E-state index in [0.717, 1.165) is 21.4 Å². The van der Waals surface area contributed by atoms with Crippen LogP contribution >= 0.6 is 0 Å². The fraction of sp³-hybridized carbons (Fsp3) is 0.389. The molecule has 0 aromatic carbocycles. The quantitative estimate of drug-likeness (QED) is 0.569. The first-order valence-electron chi connectivity index (χ1n) is 7.62. The summed E-state index contributed by atoms with van der Waals surface area (Å²) < 4.78 is 21.7. The topological polar surface area (TPSA) is 71.5 Å². The van der Waals surface area contributed by atoms with Crippen LogP contribution < -0.4 is 9.47 Å². The summed E-state index contributed by atoms with van der Waals surface area (Å²) >= 11 is 2.30. The summed E-state index contributed by atoms with van der Waals surface area (Å²) in [6.07, 6.45) is 3.59. The Kier molecular flexibility index (Phi) is 12.1. The van der Waals surface area contributed by atoms with Crippen molar-refractivity contribution in [3.63, 3.8) is 0 Å². The molecule has 143 valence electrons. The zero-order valence-corrected chi connectivity index (χ0v) is 17.7.